The fourth-order valence-corrected chi connectivity index (χ4v) is 8.00. The van der Waals surface area contributed by atoms with Crippen LogP contribution in [0.2, 0.25) is 0 Å². The van der Waals surface area contributed by atoms with Gasteiger partial charge in [0, 0.05) is 27.8 Å². The summed E-state index contributed by atoms with van der Waals surface area (Å²) < 4.78 is 6.67. The number of aromatic nitrogens is 3. The van der Waals surface area contributed by atoms with Gasteiger partial charge in [-0.2, -0.15) is 5.26 Å². The number of fused-ring (bicyclic) bond motifs is 9. The predicted octanol–water partition coefficient (Wildman–Crippen LogP) is 10.9. The molecule has 0 unspecified atom stereocenters. The summed E-state index contributed by atoms with van der Waals surface area (Å²) in [6, 6.07) is 60.1. The molecular formula is C47H28N4O. The van der Waals surface area contributed by atoms with Crippen LogP contribution in [0.4, 0.5) is 0 Å². The number of rotatable bonds is 4. The molecule has 0 atom stereocenters. The molecule has 242 valence electrons. The Morgan fingerprint density at radius 3 is 1.63 bits per heavy atom. The number of hydrogen-bond acceptors (Lipinski definition) is 5. The van der Waals surface area contributed by atoms with Crippen molar-refractivity contribution >= 4 is 0 Å². The lowest BCUT2D eigenvalue weighted by molar-refractivity contribution is 0.436. The van der Waals surface area contributed by atoms with Crippen molar-refractivity contribution in [1.82, 2.24) is 15.0 Å². The normalized spacial score (nSPS) is 12.9. The van der Waals surface area contributed by atoms with Crippen LogP contribution >= 0.6 is 0 Å². The summed E-state index contributed by atoms with van der Waals surface area (Å²) in [4.78, 5) is 15.3. The van der Waals surface area contributed by atoms with Crippen molar-refractivity contribution in [1.29, 1.82) is 5.26 Å². The van der Waals surface area contributed by atoms with Crippen LogP contribution in [0, 0.1) is 11.3 Å². The van der Waals surface area contributed by atoms with Gasteiger partial charge in [0.05, 0.1) is 17.0 Å². The van der Waals surface area contributed by atoms with Gasteiger partial charge in [-0.15, -0.1) is 0 Å². The summed E-state index contributed by atoms with van der Waals surface area (Å²) >= 11 is 0. The number of para-hydroxylation sites is 1. The number of ether oxygens (including phenoxy) is 1. The summed E-state index contributed by atoms with van der Waals surface area (Å²) in [5.41, 5.74) is 11.4. The average molecular weight is 665 g/mol. The van der Waals surface area contributed by atoms with Gasteiger partial charge in [-0.05, 0) is 69.8 Å². The summed E-state index contributed by atoms with van der Waals surface area (Å²) in [5, 5.41) is 9.82. The Balaban J connectivity index is 1.20. The highest BCUT2D eigenvalue weighted by Crippen LogP contribution is 2.62. The second kappa shape index (κ2) is 11.7. The summed E-state index contributed by atoms with van der Waals surface area (Å²) in [6.07, 6.45) is 0. The number of nitrogens with zero attached hydrogens (tertiary/aromatic N) is 4. The van der Waals surface area contributed by atoms with Crippen molar-refractivity contribution in [3.63, 3.8) is 0 Å². The summed E-state index contributed by atoms with van der Waals surface area (Å²) in [6.45, 7) is 0. The lowest BCUT2D eigenvalue weighted by Gasteiger charge is -2.39. The Morgan fingerprint density at radius 1 is 0.404 bits per heavy atom. The maximum atomic E-state index is 9.82. The molecule has 8 aromatic rings. The van der Waals surface area contributed by atoms with Crippen molar-refractivity contribution in [2.45, 2.75) is 5.41 Å². The monoisotopic (exact) mass is 664 g/mol. The topological polar surface area (TPSA) is 71.7 Å². The predicted molar refractivity (Wildman–Crippen MR) is 204 cm³/mol. The van der Waals surface area contributed by atoms with Crippen LogP contribution in [-0.4, -0.2) is 15.0 Å². The Hall–Kier alpha value is -7.16. The highest BCUT2D eigenvalue weighted by molar-refractivity contribution is 5.89. The highest BCUT2D eigenvalue weighted by atomic mass is 16.5. The SMILES string of the molecule is N#Cc1ccccc1-c1cccc(-c2nc(-c3ccccc3)nc(-c3ccc4c(c3)C3(c5ccccc5O4)c4ccccc4-c4ccccc43)n2)c1. The molecule has 0 bridgehead atoms. The molecule has 5 nitrogen and oxygen atoms in total. The van der Waals surface area contributed by atoms with Crippen LogP contribution in [0.15, 0.2) is 170 Å². The first-order valence-corrected chi connectivity index (χ1v) is 17.3. The van der Waals surface area contributed by atoms with Crippen LogP contribution in [0.25, 0.3) is 56.4 Å². The van der Waals surface area contributed by atoms with E-state index in [0.717, 1.165) is 50.4 Å². The van der Waals surface area contributed by atoms with Crippen molar-refractivity contribution in [2.24, 2.45) is 0 Å². The molecule has 0 amide bonds. The molecule has 2 aliphatic rings. The Kier molecular flexibility index (Phi) is 6.70. The van der Waals surface area contributed by atoms with Crippen molar-refractivity contribution < 1.29 is 4.74 Å². The van der Waals surface area contributed by atoms with Gasteiger partial charge < -0.3 is 4.74 Å². The van der Waals surface area contributed by atoms with Crippen molar-refractivity contribution in [3.8, 4) is 74.0 Å². The fraction of sp³-hybridized carbons (Fsp3) is 0.0213. The molecule has 0 saturated heterocycles. The van der Waals surface area contributed by atoms with Gasteiger partial charge in [-0.3, -0.25) is 0 Å². The number of hydrogen-bond donors (Lipinski definition) is 0. The molecule has 10 rings (SSSR count). The van der Waals surface area contributed by atoms with Gasteiger partial charge in [0.25, 0.3) is 0 Å². The van der Waals surface area contributed by atoms with Crippen LogP contribution < -0.4 is 4.74 Å². The molecule has 0 N–H and O–H groups in total. The third-order valence-electron chi connectivity index (χ3n) is 10.3. The minimum atomic E-state index is -0.603. The van der Waals surface area contributed by atoms with Gasteiger partial charge in [0.2, 0.25) is 0 Å². The van der Waals surface area contributed by atoms with Crippen LogP contribution in [0.3, 0.4) is 0 Å². The van der Waals surface area contributed by atoms with E-state index in [0.29, 0.717) is 23.0 Å². The second-order valence-electron chi connectivity index (χ2n) is 13.1. The van der Waals surface area contributed by atoms with Gasteiger partial charge in [-0.25, -0.2) is 15.0 Å². The van der Waals surface area contributed by atoms with Gasteiger partial charge >= 0.3 is 0 Å². The molecule has 2 heterocycles. The Bertz CT molecular complexity index is 2700. The van der Waals surface area contributed by atoms with E-state index in [1.807, 2.05) is 91.0 Å². The zero-order valence-electron chi connectivity index (χ0n) is 27.9. The lowest BCUT2D eigenvalue weighted by atomic mass is 9.66. The molecule has 1 aliphatic carbocycles. The first-order valence-electron chi connectivity index (χ1n) is 17.3. The smallest absolute Gasteiger partial charge is 0.164 e. The maximum absolute atomic E-state index is 9.82. The number of benzene rings is 7. The third-order valence-corrected chi connectivity index (χ3v) is 10.3. The van der Waals surface area contributed by atoms with E-state index >= 15 is 0 Å². The molecule has 0 radical (unpaired) electrons. The molecular weight excluding hydrogens is 637 g/mol. The summed E-state index contributed by atoms with van der Waals surface area (Å²) in [7, 11) is 0. The molecule has 1 aliphatic heterocycles. The minimum absolute atomic E-state index is 0.547. The average Bonchev–Trinajstić information content (AvgIpc) is 3.51. The van der Waals surface area contributed by atoms with Crippen molar-refractivity contribution in [3.05, 3.63) is 198 Å². The van der Waals surface area contributed by atoms with Crippen LogP contribution in [-0.2, 0) is 5.41 Å². The van der Waals surface area contributed by atoms with Gasteiger partial charge in [0.1, 0.15) is 11.5 Å². The Labute approximate surface area is 301 Å². The third kappa shape index (κ3) is 4.45. The van der Waals surface area contributed by atoms with Crippen molar-refractivity contribution in [2.75, 3.05) is 0 Å². The van der Waals surface area contributed by atoms with E-state index in [9.17, 15) is 5.26 Å². The molecule has 7 aromatic carbocycles. The van der Waals surface area contributed by atoms with Crippen LogP contribution in [0.5, 0.6) is 11.5 Å². The fourth-order valence-electron chi connectivity index (χ4n) is 8.00. The molecule has 52 heavy (non-hydrogen) atoms. The molecule has 0 saturated carbocycles. The van der Waals surface area contributed by atoms with E-state index in [2.05, 4.69) is 84.9 Å². The Morgan fingerprint density at radius 2 is 0.923 bits per heavy atom. The lowest BCUT2D eigenvalue weighted by Crippen LogP contribution is -2.32. The summed E-state index contributed by atoms with van der Waals surface area (Å²) in [5.74, 6) is 3.33. The molecule has 1 spiro atoms. The van der Waals surface area contributed by atoms with E-state index in [4.69, 9.17) is 19.7 Å². The standard InChI is InChI=1S/C47H28N4O/c48-29-34-15-4-5-18-35(34)31-16-12-17-32(27-31)45-49-44(30-13-2-1-3-14-30)50-46(51-45)33-25-26-43-41(28-33)47(40-23-10-11-24-42(40)52-43)38-21-8-6-19-36(38)37-20-7-9-22-39(37)47/h1-28H. The minimum Gasteiger partial charge on any atom is -0.457 e. The van der Waals surface area contributed by atoms with E-state index in [1.54, 1.807) is 0 Å². The van der Waals surface area contributed by atoms with E-state index in [-0.39, 0.29) is 0 Å². The second-order valence-corrected chi connectivity index (χ2v) is 13.1. The molecule has 5 heteroatoms. The van der Waals surface area contributed by atoms with Crippen LogP contribution in [0.1, 0.15) is 27.8 Å². The number of nitriles is 1. The molecule has 0 fully saturated rings. The first-order chi connectivity index (χ1) is 25.7. The zero-order chi connectivity index (χ0) is 34.6. The zero-order valence-corrected chi connectivity index (χ0v) is 27.9. The van der Waals surface area contributed by atoms with Gasteiger partial charge in [0.15, 0.2) is 17.5 Å². The van der Waals surface area contributed by atoms with E-state index < -0.39 is 5.41 Å². The van der Waals surface area contributed by atoms with Gasteiger partial charge in [-0.1, -0.05) is 133 Å². The van der Waals surface area contributed by atoms with E-state index in [1.165, 1.54) is 22.3 Å². The highest BCUT2D eigenvalue weighted by Gasteiger charge is 2.51. The molecule has 1 aromatic heterocycles. The first kappa shape index (κ1) is 29.7. The quantitative estimate of drug-likeness (QED) is 0.187. The maximum Gasteiger partial charge on any atom is 0.164 e. The largest absolute Gasteiger partial charge is 0.457 e.